The molecule has 2 fully saturated rings. The van der Waals surface area contributed by atoms with Gasteiger partial charge in [-0.1, -0.05) is 6.92 Å². The summed E-state index contributed by atoms with van der Waals surface area (Å²) in [5.41, 5.74) is 3.73. The normalized spacial score (nSPS) is 25.4. The van der Waals surface area contributed by atoms with E-state index in [0.29, 0.717) is 24.2 Å². The van der Waals surface area contributed by atoms with Crippen molar-refractivity contribution in [2.45, 2.75) is 77.9 Å². The van der Waals surface area contributed by atoms with E-state index in [4.69, 9.17) is 0 Å². The average Bonchev–Trinajstić information content (AvgIpc) is 3.28. The molecule has 2 N–H and O–H groups in total. The molecule has 2 aromatic rings. The minimum Gasteiger partial charge on any atom is -0.368 e. The van der Waals surface area contributed by atoms with Crippen molar-refractivity contribution in [2.75, 3.05) is 52.2 Å². The van der Waals surface area contributed by atoms with Crippen LogP contribution in [-0.2, 0) is 11.8 Å². The van der Waals surface area contributed by atoms with Gasteiger partial charge >= 0.3 is 0 Å². The van der Waals surface area contributed by atoms with E-state index >= 15 is 0 Å². The molecule has 1 aromatic heterocycles. The quantitative estimate of drug-likeness (QED) is 0.469. The molecule has 222 valence electrons. The molecule has 2 amide bonds. The zero-order valence-corrected chi connectivity index (χ0v) is 26.0. The first kappa shape index (κ1) is 30.3. The number of hydrogen-bond acceptors (Lipinski definition) is 6. The van der Waals surface area contributed by atoms with Crippen molar-refractivity contribution in [3.05, 3.63) is 23.4 Å². The maximum atomic E-state index is 13.6. The third-order valence-corrected chi connectivity index (χ3v) is 9.40. The molecule has 0 radical (unpaired) electrons. The highest BCUT2D eigenvalue weighted by Gasteiger charge is 2.33. The summed E-state index contributed by atoms with van der Waals surface area (Å²) in [5, 5.41) is 11.8. The fourth-order valence-corrected chi connectivity index (χ4v) is 6.91. The Morgan fingerprint density at radius 1 is 1.12 bits per heavy atom. The first-order chi connectivity index (χ1) is 19.0. The molecule has 40 heavy (non-hydrogen) atoms. The lowest BCUT2D eigenvalue weighted by Crippen LogP contribution is -2.50. The molecule has 1 aliphatic carbocycles. The van der Waals surface area contributed by atoms with Crippen LogP contribution in [0, 0.1) is 18.8 Å². The molecule has 9 heteroatoms. The van der Waals surface area contributed by atoms with Crippen LogP contribution in [-0.4, -0.2) is 96.8 Å². The number of amides is 2. The lowest BCUT2D eigenvalue weighted by molar-refractivity contribution is -0.129. The van der Waals surface area contributed by atoms with Crippen LogP contribution in [0.5, 0.6) is 0 Å². The smallest absolute Gasteiger partial charge is 0.251 e. The van der Waals surface area contributed by atoms with Crippen molar-refractivity contribution in [1.29, 1.82) is 0 Å². The van der Waals surface area contributed by atoms with Gasteiger partial charge in [0.1, 0.15) is 0 Å². The number of carbonyl (C=O) groups excluding carboxylic acids is 2. The monoisotopic (exact) mass is 553 g/mol. The van der Waals surface area contributed by atoms with Gasteiger partial charge in [0.05, 0.1) is 23.3 Å². The van der Waals surface area contributed by atoms with Gasteiger partial charge in [-0.3, -0.25) is 14.3 Å². The summed E-state index contributed by atoms with van der Waals surface area (Å²) >= 11 is 0. The third kappa shape index (κ3) is 6.46. The molecule has 1 saturated carbocycles. The van der Waals surface area contributed by atoms with E-state index in [9.17, 15) is 9.59 Å². The second-order valence-electron chi connectivity index (χ2n) is 12.6. The number of fused-ring (bicyclic) bond motifs is 1. The summed E-state index contributed by atoms with van der Waals surface area (Å²) in [4.78, 5) is 33.5. The Bertz CT molecular complexity index is 1180. The average molecular weight is 554 g/mol. The highest BCUT2D eigenvalue weighted by atomic mass is 16.2. The summed E-state index contributed by atoms with van der Waals surface area (Å²) < 4.78 is 1.86. The van der Waals surface area contributed by atoms with Crippen LogP contribution in [0.3, 0.4) is 0 Å². The van der Waals surface area contributed by atoms with Crippen LogP contribution >= 0.6 is 0 Å². The van der Waals surface area contributed by atoms with Crippen molar-refractivity contribution in [2.24, 2.45) is 18.9 Å². The first-order valence-corrected chi connectivity index (χ1v) is 15.2. The van der Waals surface area contributed by atoms with E-state index in [1.165, 1.54) is 12.8 Å². The maximum Gasteiger partial charge on any atom is 0.251 e. The van der Waals surface area contributed by atoms with Crippen molar-refractivity contribution in [1.82, 2.24) is 30.2 Å². The predicted octanol–water partition coefficient (Wildman–Crippen LogP) is 3.40. The zero-order chi connectivity index (χ0) is 29.1. The molecule has 4 rings (SSSR count). The minimum atomic E-state index is -0.210. The van der Waals surface area contributed by atoms with Gasteiger partial charge in [0, 0.05) is 62.3 Å². The van der Waals surface area contributed by atoms with Gasteiger partial charge in [-0.05, 0) is 91.6 Å². The van der Waals surface area contributed by atoms with Gasteiger partial charge in [-0.2, -0.15) is 5.10 Å². The van der Waals surface area contributed by atoms with E-state index in [1.807, 2.05) is 30.9 Å². The Kier molecular flexibility index (Phi) is 9.77. The summed E-state index contributed by atoms with van der Waals surface area (Å²) in [7, 11) is 8.46. The number of likely N-dealkylation sites (N-methyl/N-ethyl adjacent to an activating group) is 2. The molecule has 3 unspecified atom stereocenters. The molecule has 1 saturated heterocycles. The van der Waals surface area contributed by atoms with Gasteiger partial charge in [0.15, 0.2) is 0 Å². The van der Waals surface area contributed by atoms with Gasteiger partial charge in [0.2, 0.25) is 5.91 Å². The van der Waals surface area contributed by atoms with Gasteiger partial charge in [0.25, 0.3) is 5.91 Å². The number of aryl methyl sites for hydroxylation is 1. The van der Waals surface area contributed by atoms with Crippen LogP contribution in [0.2, 0.25) is 0 Å². The molecule has 0 bridgehead atoms. The second-order valence-corrected chi connectivity index (χ2v) is 12.6. The minimum absolute atomic E-state index is 0.0335. The first-order valence-electron chi connectivity index (χ1n) is 15.2. The van der Waals surface area contributed by atoms with Crippen molar-refractivity contribution >= 4 is 28.4 Å². The molecule has 2 aliphatic rings. The molecule has 2 heterocycles. The molecular weight excluding hydrogens is 502 g/mol. The maximum absolute atomic E-state index is 13.6. The summed E-state index contributed by atoms with van der Waals surface area (Å²) in [6.45, 7) is 11.8. The number of hydrogen-bond donors (Lipinski definition) is 2. The van der Waals surface area contributed by atoms with Crippen LogP contribution < -0.4 is 15.5 Å². The van der Waals surface area contributed by atoms with E-state index in [0.717, 1.165) is 61.1 Å². The number of nitrogens with zero attached hydrogens (tertiary/aromatic N) is 5. The van der Waals surface area contributed by atoms with E-state index in [-0.39, 0.29) is 29.7 Å². The van der Waals surface area contributed by atoms with E-state index in [2.05, 4.69) is 72.3 Å². The summed E-state index contributed by atoms with van der Waals surface area (Å²) in [6, 6.07) is 3.19. The standard InChI is InChI=1S/C31H51N7O2/c1-9-38(24-12-10-23(11-13-24)36(7)15-14-35(5)6)29-22(4)25(17-28-27(29)19-33-37(28)8)30(39)32-18-26-20(2)16-21(3)34-31(26)40/h17,19-21,23-24,26H,9-16,18H2,1-8H3,(H,32,39)(H,34,40). The largest absolute Gasteiger partial charge is 0.368 e. The van der Waals surface area contributed by atoms with E-state index < -0.39 is 0 Å². The number of piperidine rings is 1. The molecule has 3 atom stereocenters. The van der Waals surface area contributed by atoms with Crippen LogP contribution in [0.4, 0.5) is 5.69 Å². The predicted molar refractivity (Wildman–Crippen MR) is 163 cm³/mol. The fourth-order valence-electron chi connectivity index (χ4n) is 6.91. The molecule has 0 spiro atoms. The lowest BCUT2D eigenvalue weighted by Gasteiger charge is -2.41. The van der Waals surface area contributed by atoms with Crippen molar-refractivity contribution in [3.63, 3.8) is 0 Å². The van der Waals surface area contributed by atoms with Crippen LogP contribution in [0.1, 0.15) is 68.8 Å². The van der Waals surface area contributed by atoms with Gasteiger partial charge in [-0.25, -0.2) is 0 Å². The Balaban J connectivity index is 1.54. The summed E-state index contributed by atoms with van der Waals surface area (Å²) in [6.07, 6.45) is 7.50. The SMILES string of the molecule is CCN(c1c(C)c(C(=O)NCC2C(=O)NC(C)CC2C)cc2c1cnn2C)C1CCC(N(C)CCN(C)C)CC1. The second kappa shape index (κ2) is 12.9. The number of nitrogens with one attached hydrogen (secondary N) is 2. The highest BCUT2D eigenvalue weighted by molar-refractivity contribution is 6.05. The number of benzene rings is 1. The Labute approximate surface area is 240 Å². The van der Waals surface area contributed by atoms with Gasteiger partial charge in [-0.15, -0.1) is 0 Å². The van der Waals surface area contributed by atoms with Crippen molar-refractivity contribution < 1.29 is 9.59 Å². The number of rotatable bonds is 10. The molecule has 1 aliphatic heterocycles. The highest BCUT2D eigenvalue weighted by Crippen LogP contribution is 2.37. The Hall–Kier alpha value is -2.65. The topological polar surface area (TPSA) is 85.7 Å². The van der Waals surface area contributed by atoms with Crippen LogP contribution in [0.25, 0.3) is 10.9 Å². The number of aromatic nitrogens is 2. The lowest BCUT2D eigenvalue weighted by atomic mass is 9.84. The number of carbonyl (C=O) groups is 2. The van der Waals surface area contributed by atoms with E-state index in [1.54, 1.807) is 0 Å². The van der Waals surface area contributed by atoms with Gasteiger partial charge < -0.3 is 25.3 Å². The van der Waals surface area contributed by atoms with Crippen molar-refractivity contribution in [3.8, 4) is 0 Å². The third-order valence-electron chi connectivity index (χ3n) is 9.40. The summed E-state index contributed by atoms with van der Waals surface area (Å²) in [5.74, 6) is -0.0691. The molecule has 9 nitrogen and oxygen atoms in total. The molecular formula is C31H51N7O2. The number of anilines is 1. The molecule has 1 aromatic carbocycles. The Morgan fingerprint density at radius 3 is 2.42 bits per heavy atom. The Morgan fingerprint density at radius 2 is 1.80 bits per heavy atom. The fraction of sp³-hybridized carbons (Fsp3) is 0.710. The van der Waals surface area contributed by atoms with Crippen LogP contribution in [0.15, 0.2) is 12.3 Å². The zero-order valence-electron chi connectivity index (χ0n) is 26.0.